The molecule has 1 unspecified atom stereocenters. The Labute approximate surface area is 184 Å². The van der Waals surface area contributed by atoms with Gasteiger partial charge in [0.1, 0.15) is 10.6 Å². The van der Waals surface area contributed by atoms with Crippen LogP contribution in [0, 0.1) is 0 Å². The number of anilines is 2. The Hall–Kier alpha value is -2.21. The Morgan fingerprint density at radius 3 is 2.62 bits per heavy atom. The van der Waals surface area contributed by atoms with E-state index in [1.807, 2.05) is 50.3 Å². The van der Waals surface area contributed by atoms with Crippen LogP contribution in [0.15, 0.2) is 58.4 Å². The van der Waals surface area contributed by atoms with Crippen LogP contribution < -0.4 is 15.9 Å². The molecule has 29 heavy (non-hydrogen) atoms. The first-order valence-corrected chi connectivity index (χ1v) is 11.2. The van der Waals surface area contributed by atoms with Crippen LogP contribution in [-0.4, -0.2) is 17.1 Å². The summed E-state index contributed by atoms with van der Waals surface area (Å²) in [7, 11) is 2.56. The predicted molar refractivity (Wildman–Crippen MR) is 130 cm³/mol. The molecule has 0 bridgehead atoms. The lowest BCUT2D eigenvalue weighted by Gasteiger charge is -2.08. The van der Waals surface area contributed by atoms with Gasteiger partial charge in [-0.25, -0.2) is 9.59 Å². The third-order valence-corrected chi connectivity index (χ3v) is 5.60. The number of nitrogens with one attached hydrogen (secondary N) is 2. The van der Waals surface area contributed by atoms with Gasteiger partial charge in [0.2, 0.25) is 0 Å². The van der Waals surface area contributed by atoms with E-state index < -0.39 is 12.0 Å². The number of carboxylic acid groups (broad SMARTS) is 1. The van der Waals surface area contributed by atoms with Gasteiger partial charge in [-0.3, -0.25) is 5.32 Å². The van der Waals surface area contributed by atoms with Gasteiger partial charge in [-0.15, -0.1) is 20.6 Å². The highest BCUT2D eigenvalue weighted by molar-refractivity contribution is 9.11. The van der Waals surface area contributed by atoms with E-state index in [-0.39, 0.29) is 5.56 Å². The fourth-order valence-corrected chi connectivity index (χ4v) is 4.13. The van der Waals surface area contributed by atoms with Gasteiger partial charge in [-0.1, -0.05) is 60.1 Å². The molecular weight excluding hydrogens is 471 g/mol. The molecule has 2 aromatic rings. The number of carbonyl (C=O) groups is 2. The van der Waals surface area contributed by atoms with Crippen LogP contribution >= 0.6 is 36.5 Å². The van der Waals surface area contributed by atoms with E-state index in [0.29, 0.717) is 22.7 Å². The van der Waals surface area contributed by atoms with Crippen LogP contribution in [0.4, 0.5) is 15.5 Å². The third kappa shape index (κ3) is 6.39. The maximum atomic E-state index is 12.3. The summed E-state index contributed by atoms with van der Waals surface area (Å²) in [6.07, 6.45) is 8.36. The van der Waals surface area contributed by atoms with Crippen LogP contribution in [0.25, 0.3) is 5.57 Å². The van der Waals surface area contributed by atoms with Gasteiger partial charge in [0.25, 0.3) is 0 Å². The molecule has 1 aromatic carbocycles. The quantitative estimate of drug-likeness (QED) is 0.442. The molecule has 3 rings (SSSR count). The minimum absolute atomic E-state index is 0.0869. The molecule has 152 valence electrons. The number of aromatic carboxylic acids is 1. The zero-order valence-corrected chi connectivity index (χ0v) is 19.6. The van der Waals surface area contributed by atoms with E-state index in [2.05, 4.69) is 35.8 Å². The minimum Gasteiger partial charge on any atom is -0.478 e. The number of hydrogen-bond acceptors (Lipinski definition) is 3. The summed E-state index contributed by atoms with van der Waals surface area (Å²) >= 11 is 4.61. The van der Waals surface area contributed by atoms with Crippen LogP contribution in [-0.2, 0) is 0 Å². The monoisotopic (exact) mass is 492 g/mol. The fraction of sp³-hybridized carbons (Fsp3) is 0.143. The highest BCUT2D eigenvalue weighted by Crippen LogP contribution is 2.35. The van der Waals surface area contributed by atoms with E-state index in [9.17, 15) is 14.7 Å². The second kappa shape index (κ2) is 11.1. The highest BCUT2D eigenvalue weighted by atomic mass is 79.9. The number of urea groups is 1. The molecule has 0 fully saturated rings. The summed E-state index contributed by atoms with van der Waals surface area (Å²) in [6, 6.07) is 6.78. The van der Waals surface area contributed by atoms with E-state index in [4.69, 9.17) is 0 Å². The number of allylic oxidation sites excluding steroid dienone is 6. The molecule has 1 aromatic heterocycles. The van der Waals surface area contributed by atoms with Crippen molar-refractivity contribution in [2.45, 2.75) is 20.3 Å². The van der Waals surface area contributed by atoms with Crippen molar-refractivity contribution >= 4 is 70.1 Å². The molecule has 2 amide bonds. The molecule has 5 nitrogen and oxygen atoms in total. The summed E-state index contributed by atoms with van der Waals surface area (Å²) in [5, 5.41) is 18.0. The molecule has 1 atom stereocenters. The molecule has 0 radical (unpaired) electrons. The second-order valence-corrected chi connectivity index (χ2v) is 8.14. The van der Waals surface area contributed by atoms with Gasteiger partial charge in [-0.05, 0) is 35.5 Å². The van der Waals surface area contributed by atoms with Crippen molar-refractivity contribution in [1.29, 1.82) is 0 Å². The topological polar surface area (TPSA) is 78.4 Å². The molecule has 1 aliphatic carbocycles. The van der Waals surface area contributed by atoms with Crippen LogP contribution in [0.1, 0.15) is 36.2 Å². The number of hydrogen-bond donors (Lipinski definition) is 3. The maximum absolute atomic E-state index is 12.3. The summed E-state index contributed by atoms with van der Waals surface area (Å²) in [4.78, 5) is 24.1. The van der Waals surface area contributed by atoms with Gasteiger partial charge in [0, 0.05) is 21.1 Å². The lowest BCUT2D eigenvalue weighted by molar-refractivity contribution is 0.0698. The van der Waals surface area contributed by atoms with Gasteiger partial charge in [-0.2, -0.15) is 0 Å². The van der Waals surface area contributed by atoms with Gasteiger partial charge >= 0.3 is 12.0 Å². The Balaban J connectivity index is 0.00000145. The zero-order chi connectivity index (χ0) is 21.4. The molecule has 0 saturated carbocycles. The first-order chi connectivity index (χ1) is 13.9. The van der Waals surface area contributed by atoms with E-state index in [0.717, 1.165) is 15.4 Å². The van der Waals surface area contributed by atoms with Crippen molar-refractivity contribution < 1.29 is 14.7 Å². The standard InChI is InChI=1S/C19H16BrN2O3PS.C2H6/c20-12-4-1-3-11(7-8-12)15-10-27-17(16(15)18(23)24)22-19(25)21-13-5-2-6-14(26)9-13;1-2/h2-10H,1,26H2,(H,23,24)(H2,21,22,25);1-2H3. The Morgan fingerprint density at radius 2 is 1.93 bits per heavy atom. The Kier molecular flexibility index (Phi) is 8.83. The molecule has 1 heterocycles. The highest BCUT2D eigenvalue weighted by Gasteiger charge is 2.21. The van der Waals surface area contributed by atoms with Crippen molar-refractivity contribution in [3.05, 3.63) is 69.6 Å². The number of rotatable bonds is 4. The Morgan fingerprint density at radius 1 is 1.17 bits per heavy atom. The molecule has 1 aliphatic rings. The minimum atomic E-state index is -1.08. The van der Waals surface area contributed by atoms with Crippen molar-refractivity contribution in [3.8, 4) is 0 Å². The number of carboxylic acids is 1. The van der Waals surface area contributed by atoms with E-state index in [1.165, 1.54) is 11.3 Å². The van der Waals surface area contributed by atoms with Gasteiger partial charge in [0.05, 0.1) is 0 Å². The Bertz CT molecular complexity index is 996. The second-order valence-electron chi connectivity index (χ2n) is 5.68. The van der Waals surface area contributed by atoms with Gasteiger partial charge in [0.15, 0.2) is 0 Å². The number of halogens is 1. The van der Waals surface area contributed by atoms with Crippen LogP contribution in [0.2, 0.25) is 0 Å². The maximum Gasteiger partial charge on any atom is 0.339 e. The normalized spacial score (nSPS) is 12.7. The van der Waals surface area contributed by atoms with Crippen molar-refractivity contribution in [2.75, 3.05) is 10.6 Å². The average Bonchev–Trinajstić information content (AvgIpc) is 2.97. The zero-order valence-electron chi connectivity index (χ0n) is 16.0. The molecule has 3 N–H and O–H groups in total. The molecule has 8 heteroatoms. The first kappa shape index (κ1) is 23.1. The van der Waals surface area contributed by atoms with Crippen LogP contribution in [0.5, 0.6) is 0 Å². The van der Waals surface area contributed by atoms with Crippen LogP contribution in [0.3, 0.4) is 0 Å². The number of carbonyl (C=O) groups excluding carboxylic acids is 1. The first-order valence-electron chi connectivity index (χ1n) is 8.96. The lowest BCUT2D eigenvalue weighted by atomic mass is 10.0. The molecule has 0 aliphatic heterocycles. The van der Waals surface area contributed by atoms with Gasteiger partial charge < -0.3 is 10.4 Å². The lowest BCUT2D eigenvalue weighted by Crippen LogP contribution is -2.20. The number of amides is 2. The third-order valence-electron chi connectivity index (χ3n) is 3.76. The van der Waals surface area contributed by atoms with Crippen molar-refractivity contribution in [2.24, 2.45) is 0 Å². The number of benzene rings is 1. The van der Waals surface area contributed by atoms with E-state index >= 15 is 0 Å². The van der Waals surface area contributed by atoms with E-state index in [1.54, 1.807) is 17.5 Å². The van der Waals surface area contributed by atoms with Crippen molar-refractivity contribution in [3.63, 3.8) is 0 Å². The summed E-state index contributed by atoms with van der Waals surface area (Å²) in [6.45, 7) is 4.00. The largest absolute Gasteiger partial charge is 0.478 e. The SMILES string of the molecule is CC.O=C(Nc1cccc(P)c1)Nc1scc(C2=CCC=C(Br)C=C2)c1C(=O)O. The average molecular weight is 493 g/mol. The number of thiophene rings is 1. The summed E-state index contributed by atoms with van der Waals surface area (Å²) < 4.78 is 0.940. The smallest absolute Gasteiger partial charge is 0.339 e. The summed E-state index contributed by atoms with van der Waals surface area (Å²) in [5.41, 5.74) is 2.10. The van der Waals surface area contributed by atoms with Crippen molar-refractivity contribution in [1.82, 2.24) is 0 Å². The predicted octanol–water partition coefficient (Wildman–Crippen LogP) is 6.24. The fourth-order valence-electron chi connectivity index (χ4n) is 2.56. The molecule has 0 saturated heterocycles. The summed E-state index contributed by atoms with van der Waals surface area (Å²) in [5.74, 6) is -1.08. The molecular formula is C21H22BrN2O3PS. The molecule has 0 spiro atoms.